The van der Waals surface area contributed by atoms with Gasteiger partial charge in [-0.25, -0.2) is 4.79 Å². The summed E-state index contributed by atoms with van der Waals surface area (Å²) >= 11 is 0. The zero-order valence-corrected chi connectivity index (χ0v) is 16.0. The van der Waals surface area contributed by atoms with E-state index in [0.717, 1.165) is 24.3 Å². The number of nitrogen functional groups attached to an aromatic ring is 1. The molecule has 0 atom stereocenters. The van der Waals surface area contributed by atoms with Crippen LogP contribution in [0.1, 0.15) is 20.7 Å². The second kappa shape index (κ2) is 9.64. The van der Waals surface area contributed by atoms with Gasteiger partial charge in [0.1, 0.15) is 0 Å². The Morgan fingerprint density at radius 3 is 1.94 bits per heavy atom. The largest absolute Gasteiger partial charge is 0.573 e. The molecule has 0 unspecified atom stereocenters. The lowest BCUT2D eigenvalue weighted by Crippen LogP contribution is -2.18. The Hall–Kier alpha value is -3.68. The van der Waals surface area contributed by atoms with E-state index in [9.17, 15) is 40.7 Å². The minimum atomic E-state index is -4.90. The van der Waals surface area contributed by atoms with E-state index in [1.807, 2.05) is 5.32 Å². The molecule has 1 aliphatic rings. The lowest BCUT2D eigenvalue weighted by Gasteiger charge is -2.11. The number of fused-ring (bicyclic) bond motifs is 1. The fourth-order valence-corrected chi connectivity index (χ4v) is 2.30. The summed E-state index contributed by atoms with van der Waals surface area (Å²) in [4.78, 5) is 32.6. The number of anilines is 2. The molecule has 0 spiro atoms. The summed E-state index contributed by atoms with van der Waals surface area (Å²) < 4.78 is 78.6. The van der Waals surface area contributed by atoms with Crippen molar-refractivity contribution in [3.8, 4) is 11.5 Å². The van der Waals surface area contributed by atoms with E-state index in [1.165, 1.54) is 12.1 Å². The molecule has 0 fully saturated rings. The molecule has 2 aromatic rings. The maximum Gasteiger partial charge on any atom is 0.573 e. The first kappa shape index (κ1) is 26.4. The van der Waals surface area contributed by atoms with E-state index in [4.69, 9.17) is 10.8 Å². The quantitative estimate of drug-likeness (QED) is 0.338. The number of nitrogens with two attached hydrogens (primary N) is 1. The van der Waals surface area contributed by atoms with Gasteiger partial charge in [0.15, 0.2) is 11.5 Å². The molecule has 4 N–H and O–H groups in total. The molecule has 0 saturated carbocycles. The number of para-hydroxylation sites is 2. The Balaban J connectivity index is 0.000000311. The van der Waals surface area contributed by atoms with Gasteiger partial charge in [-0.2, -0.15) is 0 Å². The van der Waals surface area contributed by atoms with Gasteiger partial charge in [-0.15, -0.1) is 38.7 Å². The number of carboxylic acid groups (broad SMARTS) is 1. The fraction of sp³-hybridized carbons (Fsp3) is 0.118. The molecule has 32 heavy (non-hydrogen) atoms. The van der Waals surface area contributed by atoms with Crippen LogP contribution in [0.15, 0.2) is 36.4 Å². The molecule has 0 bridgehead atoms. The van der Waals surface area contributed by atoms with Gasteiger partial charge in [0.2, 0.25) is 0 Å². The Morgan fingerprint density at radius 1 is 0.906 bits per heavy atom. The van der Waals surface area contributed by atoms with E-state index in [-0.39, 0.29) is 23.7 Å². The standard InChI is InChI=1S/C9H4F3NO3.C8H6F3NO3.ClH/c10-9(11,12)16-5-3-1-2-4-6(5)13-8(15)7(4)14;9-8(10,11)15-5-3-1-2-4(6(5)12)7(13)14;/h1-3H,(H,13,14,15);1-3H,12H2,(H,13,14);1H. The molecule has 2 aromatic carbocycles. The number of carbonyl (C=O) groups excluding carboxylic acids is 2. The van der Waals surface area contributed by atoms with Gasteiger partial charge in [-0.3, -0.25) is 9.59 Å². The van der Waals surface area contributed by atoms with Crippen LogP contribution in [0, 0.1) is 0 Å². The molecular weight excluding hydrogens is 478 g/mol. The van der Waals surface area contributed by atoms with Gasteiger partial charge in [-0.05, 0) is 24.3 Å². The van der Waals surface area contributed by atoms with Gasteiger partial charge in [0.05, 0.1) is 22.5 Å². The fourth-order valence-electron chi connectivity index (χ4n) is 2.30. The molecule has 174 valence electrons. The van der Waals surface area contributed by atoms with Crippen molar-refractivity contribution in [2.75, 3.05) is 11.1 Å². The maximum absolute atomic E-state index is 12.0. The van der Waals surface area contributed by atoms with E-state index in [1.54, 1.807) is 0 Å². The van der Waals surface area contributed by atoms with E-state index in [2.05, 4.69) is 9.47 Å². The third-order valence-corrected chi connectivity index (χ3v) is 3.46. The zero-order valence-electron chi connectivity index (χ0n) is 15.2. The minimum Gasteiger partial charge on any atom is -0.478 e. The van der Waals surface area contributed by atoms with Crippen molar-refractivity contribution in [1.29, 1.82) is 0 Å². The third kappa shape index (κ3) is 6.66. The number of rotatable bonds is 3. The van der Waals surface area contributed by atoms with E-state index < -0.39 is 53.1 Å². The molecule has 3 rings (SSSR count). The normalized spacial score (nSPS) is 12.6. The third-order valence-electron chi connectivity index (χ3n) is 3.46. The summed E-state index contributed by atoms with van der Waals surface area (Å²) in [5.41, 5.74) is 3.84. The summed E-state index contributed by atoms with van der Waals surface area (Å²) in [5.74, 6) is -4.57. The van der Waals surface area contributed by atoms with Gasteiger partial charge in [-0.1, -0.05) is 12.1 Å². The predicted molar refractivity (Wildman–Crippen MR) is 97.8 cm³/mol. The minimum absolute atomic E-state index is 0. The van der Waals surface area contributed by atoms with Crippen molar-refractivity contribution >= 4 is 41.4 Å². The number of carbonyl (C=O) groups is 3. The highest BCUT2D eigenvalue weighted by Crippen LogP contribution is 2.36. The molecule has 1 amide bonds. The van der Waals surface area contributed by atoms with Crippen LogP contribution in [0.3, 0.4) is 0 Å². The van der Waals surface area contributed by atoms with Crippen LogP contribution in [0.4, 0.5) is 37.7 Å². The van der Waals surface area contributed by atoms with Crippen LogP contribution in [-0.2, 0) is 4.79 Å². The average Bonchev–Trinajstić information content (AvgIpc) is 2.91. The molecule has 15 heteroatoms. The molecular formula is C17H11ClF6N2O6. The van der Waals surface area contributed by atoms with Gasteiger partial charge in [0.25, 0.3) is 11.7 Å². The number of nitrogens with one attached hydrogen (secondary N) is 1. The Kier molecular flexibility index (Phi) is 7.94. The van der Waals surface area contributed by atoms with Crippen LogP contribution >= 0.6 is 12.4 Å². The lowest BCUT2D eigenvalue weighted by atomic mass is 10.1. The number of hydrogen-bond acceptors (Lipinski definition) is 6. The second-order valence-corrected chi connectivity index (χ2v) is 5.58. The maximum atomic E-state index is 12.0. The van der Waals surface area contributed by atoms with Crippen LogP contribution in [0.5, 0.6) is 11.5 Å². The summed E-state index contributed by atoms with van der Waals surface area (Å²) in [6, 6.07) is 6.61. The molecule has 0 aromatic heterocycles. The number of ether oxygens (including phenoxy) is 2. The van der Waals surface area contributed by atoms with Crippen LogP contribution < -0.4 is 20.5 Å². The molecule has 0 radical (unpaired) electrons. The van der Waals surface area contributed by atoms with Crippen molar-refractivity contribution in [2.24, 2.45) is 0 Å². The van der Waals surface area contributed by atoms with Crippen molar-refractivity contribution in [1.82, 2.24) is 0 Å². The van der Waals surface area contributed by atoms with Crippen LogP contribution in [0.25, 0.3) is 0 Å². The lowest BCUT2D eigenvalue weighted by molar-refractivity contribution is -0.275. The molecule has 1 heterocycles. The summed E-state index contributed by atoms with van der Waals surface area (Å²) in [7, 11) is 0. The number of amides is 1. The summed E-state index contributed by atoms with van der Waals surface area (Å²) in [5, 5.41) is 10.6. The highest BCUT2D eigenvalue weighted by Gasteiger charge is 2.36. The van der Waals surface area contributed by atoms with E-state index in [0.29, 0.717) is 0 Å². The Bertz CT molecular complexity index is 1040. The number of Topliss-reactive ketones (excluding diaryl/α,β-unsaturated/α-hetero) is 1. The molecule has 0 aliphatic carbocycles. The predicted octanol–water partition coefficient (Wildman–Crippen LogP) is 4.01. The SMILES string of the molecule is Cl.Nc1c(OC(F)(F)F)cccc1C(=O)O.O=C1Nc2c(OC(F)(F)F)cccc2C1=O. The van der Waals surface area contributed by atoms with Gasteiger partial charge >= 0.3 is 18.7 Å². The number of halogens is 7. The van der Waals surface area contributed by atoms with Gasteiger partial charge < -0.3 is 25.6 Å². The van der Waals surface area contributed by atoms with Gasteiger partial charge in [0, 0.05) is 0 Å². The highest BCUT2D eigenvalue weighted by atomic mass is 35.5. The average molecular weight is 489 g/mol. The van der Waals surface area contributed by atoms with Crippen molar-refractivity contribution in [3.63, 3.8) is 0 Å². The first-order chi connectivity index (χ1) is 14.2. The monoisotopic (exact) mass is 488 g/mol. The number of alkyl halides is 6. The molecule has 8 nitrogen and oxygen atoms in total. The first-order valence-electron chi connectivity index (χ1n) is 7.81. The van der Waals surface area contributed by atoms with Crippen molar-refractivity contribution < 1.29 is 55.3 Å². The van der Waals surface area contributed by atoms with Crippen LogP contribution in [0.2, 0.25) is 0 Å². The number of ketones is 1. The number of benzene rings is 2. The smallest absolute Gasteiger partial charge is 0.478 e. The Morgan fingerprint density at radius 2 is 1.41 bits per heavy atom. The first-order valence-corrected chi connectivity index (χ1v) is 7.81. The summed E-state index contributed by atoms with van der Waals surface area (Å²) in [6.07, 6.45) is -9.77. The van der Waals surface area contributed by atoms with E-state index >= 15 is 0 Å². The van der Waals surface area contributed by atoms with Crippen molar-refractivity contribution in [2.45, 2.75) is 12.7 Å². The van der Waals surface area contributed by atoms with Crippen molar-refractivity contribution in [3.05, 3.63) is 47.5 Å². The topological polar surface area (TPSA) is 128 Å². The number of carboxylic acids is 1. The second-order valence-electron chi connectivity index (χ2n) is 5.58. The number of hydrogen-bond donors (Lipinski definition) is 3. The zero-order chi connectivity index (χ0) is 23.6. The molecule has 1 aliphatic heterocycles. The Labute approximate surface area is 180 Å². The molecule has 0 saturated heterocycles. The van der Waals surface area contributed by atoms with Crippen LogP contribution in [-0.4, -0.2) is 35.5 Å². The number of aromatic carboxylic acids is 1. The summed E-state index contributed by atoms with van der Waals surface area (Å²) in [6.45, 7) is 0. The highest BCUT2D eigenvalue weighted by molar-refractivity contribution is 6.52.